The zero-order valence-electron chi connectivity index (χ0n) is 17.6. The van der Waals surface area contributed by atoms with Crippen molar-refractivity contribution >= 4 is 22.3 Å². The Bertz CT molecular complexity index is 1150. The monoisotopic (exact) mass is 449 g/mol. The smallest absolute Gasteiger partial charge is 0.378 e. The van der Waals surface area contributed by atoms with E-state index in [0.717, 1.165) is 6.07 Å². The van der Waals surface area contributed by atoms with Gasteiger partial charge < -0.3 is 20.7 Å². The van der Waals surface area contributed by atoms with Crippen LogP contribution >= 0.6 is 0 Å². The second kappa shape index (κ2) is 8.51. The Morgan fingerprint density at radius 2 is 1.81 bits per heavy atom. The van der Waals surface area contributed by atoms with E-state index in [1.54, 1.807) is 13.0 Å². The van der Waals surface area contributed by atoms with Crippen LogP contribution in [0.2, 0.25) is 0 Å². The average molecular weight is 449 g/mol. The van der Waals surface area contributed by atoms with Gasteiger partial charge in [-0.2, -0.15) is 18.3 Å². The number of aryl methyl sites for hydroxylation is 1. The zero-order chi connectivity index (χ0) is 23.0. The van der Waals surface area contributed by atoms with Gasteiger partial charge in [-0.1, -0.05) is 12.1 Å². The number of hydrogen-bond donors (Lipinski definition) is 2. The predicted octanol–water partition coefficient (Wildman–Crippen LogP) is 4.31. The number of hydrogen-bond acceptors (Lipinski definition) is 6. The molecule has 0 unspecified atom stereocenters. The number of morpholine rings is 1. The van der Waals surface area contributed by atoms with E-state index in [1.807, 2.05) is 4.90 Å². The molecule has 32 heavy (non-hydrogen) atoms. The van der Waals surface area contributed by atoms with Crippen molar-refractivity contribution in [3.63, 3.8) is 0 Å². The summed E-state index contributed by atoms with van der Waals surface area (Å²) in [6.07, 6.45) is -5.46. The summed E-state index contributed by atoms with van der Waals surface area (Å²) in [4.78, 5) is 1.88. The van der Waals surface area contributed by atoms with Gasteiger partial charge in [-0.25, -0.2) is 4.39 Å². The molecule has 0 radical (unpaired) electrons. The number of nitrogens with one attached hydrogen (secondary N) is 1. The van der Waals surface area contributed by atoms with E-state index in [-0.39, 0.29) is 22.8 Å². The molecule has 1 atom stereocenters. The van der Waals surface area contributed by atoms with Gasteiger partial charge in [0.15, 0.2) is 5.82 Å². The minimum atomic E-state index is -4.49. The number of anilines is 2. The first-order valence-electron chi connectivity index (χ1n) is 10.1. The number of alkyl halides is 3. The van der Waals surface area contributed by atoms with Gasteiger partial charge in [0.1, 0.15) is 12.0 Å². The quantitative estimate of drug-likeness (QED) is 0.457. The Hall–Kier alpha value is -2.98. The lowest BCUT2D eigenvalue weighted by molar-refractivity contribution is -0.138. The third kappa shape index (κ3) is 4.20. The fourth-order valence-corrected chi connectivity index (χ4v) is 3.97. The second-order valence-corrected chi connectivity index (χ2v) is 7.72. The maximum Gasteiger partial charge on any atom is 0.416 e. The Labute approximate surface area is 182 Å². The van der Waals surface area contributed by atoms with Crippen LogP contribution in [0.3, 0.4) is 0 Å². The SMILES string of the molecule is Cc1c([C@@H](N)Nc2nnc(C)c3cc(F)c(N4CCOCC4)cc23)cccc1C(F)(F)F. The van der Waals surface area contributed by atoms with E-state index in [0.29, 0.717) is 48.5 Å². The van der Waals surface area contributed by atoms with Crippen LogP contribution in [0.5, 0.6) is 0 Å². The van der Waals surface area contributed by atoms with E-state index in [2.05, 4.69) is 15.5 Å². The molecule has 3 aromatic rings. The molecule has 10 heteroatoms. The normalized spacial score (nSPS) is 15.8. The highest BCUT2D eigenvalue weighted by Gasteiger charge is 2.33. The standard InChI is InChI=1S/C22H23F4N5O/c1-12-14(4-3-5-17(12)22(24,25)26)20(27)28-21-16-11-19(31-6-8-32-9-7-31)18(23)10-15(16)13(2)29-30-21/h3-5,10-11,20H,6-9,27H2,1-2H3,(H,28,30)/t20-/m0/s1. The van der Waals surface area contributed by atoms with E-state index < -0.39 is 17.9 Å². The lowest BCUT2D eigenvalue weighted by atomic mass is 10.00. The molecule has 0 spiro atoms. The van der Waals surface area contributed by atoms with Gasteiger partial charge in [0, 0.05) is 23.9 Å². The van der Waals surface area contributed by atoms with Gasteiger partial charge in [0.2, 0.25) is 0 Å². The summed E-state index contributed by atoms with van der Waals surface area (Å²) in [5.74, 6) is -0.121. The molecule has 0 saturated carbocycles. The molecule has 4 rings (SSSR count). The summed E-state index contributed by atoms with van der Waals surface area (Å²) in [6.45, 7) is 5.18. The molecule has 1 fully saturated rings. The van der Waals surface area contributed by atoms with Gasteiger partial charge in [0.05, 0.1) is 30.2 Å². The predicted molar refractivity (Wildman–Crippen MR) is 114 cm³/mol. The molecule has 1 saturated heterocycles. The highest BCUT2D eigenvalue weighted by Crippen LogP contribution is 2.35. The van der Waals surface area contributed by atoms with Crippen LogP contribution in [0.4, 0.5) is 29.1 Å². The summed E-state index contributed by atoms with van der Waals surface area (Å²) in [7, 11) is 0. The number of nitrogens with two attached hydrogens (primary N) is 1. The molecule has 1 aliphatic rings. The van der Waals surface area contributed by atoms with Crippen LogP contribution in [0, 0.1) is 19.7 Å². The number of fused-ring (bicyclic) bond motifs is 1. The Kier molecular flexibility index (Phi) is 5.91. The van der Waals surface area contributed by atoms with Crippen molar-refractivity contribution in [1.29, 1.82) is 0 Å². The molecule has 1 aromatic heterocycles. The largest absolute Gasteiger partial charge is 0.416 e. The van der Waals surface area contributed by atoms with Crippen molar-refractivity contribution in [2.24, 2.45) is 5.73 Å². The molecule has 0 amide bonds. The molecule has 1 aliphatic heterocycles. The number of aromatic nitrogens is 2. The van der Waals surface area contributed by atoms with Gasteiger partial charge in [-0.3, -0.25) is 0 Å². The number of ether oxygens (including phenoxy) is 1. The van der Waals surface area contributed by atoms with Gasteiger partial charge in [-0.15, -0.1) is 5.10 Å². The van der Waals surface area contributed by atoms with E-state index in [4.69, 9.17) is 10.5 Å². The minimum Gasteiger partial charge on any atom is -0.378 e. The molecule has 2 heterocycles. The highest BCUT2D eigenvalue weighted by molar-refractivity contribution is 5.95. The summed E-state index contributed by atoms with van der Waals surface area (Å²) in [6, 6.07) is 6.94. The van der Waals surface area contributed by atoms with Crippen molar-refractivity contribution in [2.45, 2.75) is 26.2 Å². The first-order chi connectivity index (χ1) is 15.2. The van der Waals surface area contributed by atoms with E-state index in [1.165, 1.54) is 25.1 Å². The highest BCUT2D eigenvalue weighted by atomic mass is 19.4. The van der Waals surface area contributed by atoms with Crippen LogP contribution in [0.25, 0.3) is 10.8 Å². The maximum atomic E-state index is 14.9. The van der Waals surface area contributed by atoms with E-state index in [9.17, 15) is 17.6 Å². The lowest BCUT2D eigenvalue weighted by Gasteiger charge is -2.29. The van der Waals surface area contributed by atoms with Crippen molar-refractivity contribution < 1.29 is 22.3 Å². The van der Waals surface area contributed by atoms with Crippen LogP contribution in [0.1, 0.15) is 28.6 Å². The first kappa shape index (κ1) is 22.2. The molecule has 2 aromatic carbocycles. The van der Waals surface area contributed by atoms with Crippen LogP contribution in [0.15, 0.2) is 30.3 Å². The summed E-state index contributed by atoms with van der Waals surface area (Å²) >= 11 is 0. The van der Waals surface area contributed by atoms with Crippen LogP contribution in [-0.4, -0.2) is 36.5 Å². The lowest BCUT2D eigenvalue weighted by Crippen LogP contribution is -2.36. The third-order valence-electron chi connectivity index (χ3n) is 5.69. The van der Waals surface area contributed by atoms with Crippen LogP contribution < -0.4 is 16.0 Å². The second-order valence-electron chi connectivity index (χ2n) is 7.72. The van der Waals surface area contributed by atoms with Crippen molar-refractivity contribution in [2.75, 3.05) is 36.5 Å². The summed E-state index contributed by atoms with van der Waals surface area (Å²) in [5, 5.41) is 12.3. The van der Waals surface area contributed by atoms with Crippen molar-refractivity contribution in [3.8, 4) is 0 Å². The number of nitrogens with zero attached hydrogens (tertiary/aromatic N) is 3. The number of halogens is 4. The Morgan fingerprint density at radius 3 is 2.50 bits per heavy atom. The van der Waals surface area contributed by atoms with Crippen molar-refractivity contribution in [1.82, 2.24) is 10.2 Å². The van der Waals surface area contributed by atoms with Gasteiger partial charge >= 0.3 is 6.18 Å². The van der Waals surface area contributed by atoms with Gasteiger partial charge in [-0.05, 0) is 43.2 Å². The van der Waals surface area contributed by atoms with Gasteiger partial charge in [0.25, 0.3) is 0 Å². The molecule has 6 nitrogen and oxygen atoms in total. The van der Waals surface area contributed by atoms with Crippen molar-refractivity contribution in [3.05, 3.63) is 58.5 Å². The number of rotatable bonds is 4. The molecule has 0 aliphatic carbocycles. The fourth-order valence-electron chi connectivity index (χ4n) is 3.97. The first-order valence-corrected chi connectivity index (χ1v) is 10.1. The average Bonchev–Trinajstić information content (AvgIpc) is 2.75. The molecular formula is C22H23F4N5O. The Morgan fingerprint density at radius 1 is 1.09 bits per heavy atom. The Balaban J connectivity index is 1.74. The summed E-state index contributed by atoms with van der Waals surface area (Å²) < 4.78 is 60.1. The third-order valence-corrected chi connectivity index (χ3v) is 5.69. The van der Waals surface area contributed by atoms with Crippen LogP contribution in [-0.2, 0) is 10.9 Å². The minimum absolute atomic E-state index is 0.0319. The molecule has 170 valence electrons. The topological polar surface area (TPSA) is 76.3 Å². The zero-order valence-corrected chi connectivity index (χ0v) is 17.6. The summed E-state index contributed by atoms with van der Waals surface area (Å²) in [5.41, 5.74) is 6.73. The fraction of sp³-hybridized carbons (Fsp3) is 0.364. The molecular weight excluding hydrogens is 426 g/mol. The number of benzene rings is 2. The van der Waals surface area contributed by atoms with E-state index >= 15 is 0 Å². The maximum absolute atomic E-state index is 14.9. The molecule has 0 bridgehead atoms. The molecule has 3 N–H and O–H groups in total.